The number of nitrogens with two attached hydrogens (primary N) is 2. The van der Waals surface area contributed by atoms with Crippen LogP contribution in [0.1, 0.15) is 10.4 Å². The Hall–Kier alpha value is -1.60. The SMILES string of the molecule is COc1cc(C[NH2+]CC[NH2+]CCO)ccc1OCc1cccs1. The summed E-state index contributed by atoms with van der Waals surface area (Å²) in [6, 6.07) is 10.2. The molecule has 0 amide bonds. The minimum atomic E-state index is 0.240. The average molecular weight is 338 g/mol. The van der Waals surface area contributed by atoms with Gasteiger partial charge < -0.3 is 25.2 Å². The Balaban J connectivity index is 1.81. The van der Waals surface area contributed by atoms with Crippen molar-refractivity contribution in [3.63, 3.8) is 0 Å². The average Bonchev–Trinajstić information content (AvgIpc) is 3.10. The molecule has 5 nitrogen and oxygen atoms in total. The first-order valence-corrected chi connectivity index (χ1v) is 8.77. The molecule has 0 atom stereocenters. The highest BCUT2D eigenvalue weighted by atomic mass is 32.1. The number of aliphatic hydroxyl groups excluding tert-OH is 1. The molecule has 23 heavy (non-hydrogen) atoms. The van der Waals surface area contributed by atoms with E-state index in [0.29, 0.717) is 6.61 Å². The molecule has 1 aromatic heterocycles. The molecule has 0 saturated carbocycles. The number of aliphatic hydroxyl groups is 1. The Morgan fingerprint density at radius 3 is 2.70 bits per heavy atom. The van der Waals surface area contributed by atoms with Gasteiger partial charge in [-0.25, -0.2) is 0 Å². The fourth-order valence-electron chi connectivity index (χ4n) is 2.24. The van der Waals surface area contributed by atoms with Gasteiger partial charge in [0.05, 0.1) is 20.3 Å². The van der Waals surface area contributed by atoms with Gasteiger partial charge in [0.1, 0.15) is 26.2 Å². The molecule has 5 N–H and O–H groups in total. The number of hydrogen-bond donors (Lipinski definition) is 3. The summed E-state index contributed by atoms with van der Waals surface area (Å²) in [5.74, 6) is 1.56. The first kappa shape index (κ1) is 17.7. The van der Waals surface area contributed by atoms with Gasteiger partial charge in [-0.3, -0.25) is 0 Å². The molecule has 0 unspecified atom stereocenters. The molecule has 0 fully saturated rings. The second-order valence-electron chi connectivity index (χ2n) is 5.22. The summed E-state index contributed by atoms with van der Waals surface area (Å²) < 4.78 is 11.3. The van der Waals surface area contributed by atoms with Gasteiger partial charge in [-0.05, 0) is 29.6 Å². The smallest absolute Gasteiger partial charge is 0.161 e. The molecule has 6 heteroatoms. The van der Waals surface area contributed by atoms with Crippen molar-refractivity contribution in [2.24, 2.45) is 0 Å². The summed E-state index contributed by atoms with van der Waals surface area (Å²) in [5, 5.41) is 15.2. The van der Waals surface area contributed by atoms with Gasteiger partial charge in [0.2, 0.25) is 0 Å². The Labute approximate surface area is 141 Å². The van der Waals surface area contributed by atoms with Crippen LogP contribution in [0.3, 0.4) is 0 Å². The van der Waals surface area contributed by atoms with Gasteiger partial charge in [0.25, 0.3) is 0 Å². The molecule has 2 aromatic rings. The van der Waals surface area contributed by atoms with E-state index in [0.717, 1.165) is 37.7 Å². The van der Waals surface area contributed by atoms with Crippen LogP contribution in [0.5, 0.6) is 11.5 Å². The zero-order valence-corrected chi connectivity index (χ0v) is 14.3. The van der Waals surface area contributed by atoms with Crippen LogP contribution >= 0.6 is 11.3 Å². The lowest BCUT2D eigenvalue weighted by molar-refractivity contribution is -0.731. The van der Waals surface area contributed by atoms with Crippen LogP contribution in [0.2, 0.25) is 0 Å². The molecular weight excluding hydrogens is 312 g/mol. The van der Waals surface area contributed by atoms with E-state index in [4.69, 9.17) is 14.6 Å². The Morgan fingerprint density at radius 2 is 1.96 bits per heavy atom. The van der Waals surface area contributed by atoms with E-state index in [1.807, 2.05) is 23.6 Å². The van der Waals surface area contributed by atoms with Crippen molar-refractivity contribution in [3.05, 3.63) is 46.2 Å². The Kier molecular flexibility index (Phi) is 7.89. The third-order valence-electron chi connectivity index (χ3n) is 3.47. The highest BCUT2D eigenvalue weighted by Gasteiger charge is 2.07. The van der Waals surface area contributed by atoms with Gasteiger partial charge in [0.15, 0.2) is 11.5 Å². The van der Waals surface area contributed by atoms with Crippen molar-refractivity contribution in [3.8, 4) is 11.5 Å². The van der Waals surface area contributed by atoms with Crippen molar-refractivity contribution in [2.75, 3.05) is 33.4 Å². The molecule has 1 heterocycles. The van der Waals surface area contributed by atoms with Crippen LogP contribution in [-0.2, 0) is 13.2 Å². The van der Waals surface area contributed by atoms with Crippen LogP contribution in [0.4, 0.5) is 0 Å². The van der Waals surface area contributed by atoms with Crippen molar-refractivity contribution >= 4 is 11.3 Å². The van der Waals surface area contributed by atoms with Gasteiger partial charge in [0, 0.05) is 10.4 Å². The first-order chi connectivity index (χ1) is 11.3. The predicted octanol–water partition coefficient (Wildman–Crippen LogP) is -0.0452. The lowest BCUT2D eigenvalue weighted by Gasteiger charge is -2.11. The van der Waals surface area contributed by atoms with Gasteiger partial charge in [-0.2, -0.15) is 0 Å². The minimum absolute atomic E-state index is 0.240. The van der Waals surface area contributed by atoms with Crippen LogP contribution < -0.4 is 20.1 Å². The fraction of sp³-hybridized carbons (Fsp3) is 0.412. The molecule has 2 rings (SSSR count). The van der Waals surface area contributed by atoms with E-state index in [-0.39, 0.29) is 6.61 Å². The molecule has 0 spiro atoms. The summed E-state index contributed by atoms with van der Waals surface area (Å²) >= 11 is 1.69. The highest BCUT2D eigenvalue weighted by molar-refractivity contribution is 7.09. The zero-order valence-electron chi connectivity index (χ0n) is 13.5. The van der Waals surface area contributed by atoms with Gasteiger partial charge in [-0.1, -0.05) is 6.07 Å². The first-order valence-electron chi connectivity index (χ1n) is 7.89. The molecule has 0 aliphatic heterocycles. The van der Waals surface area contributed by atoms with Crippen molar-refractivity contribution in [1.29, 1.82) is 0 Å². The Morgan fingerprint density at radius 1 is 1.09 bits per heavy atom. The Bertz CT molecular complexity index is 561. The monoisotopic (exact) mass is 338 g/mol. The molecule has 1 aromatic carbocycles. The molecule has 0 bridgehead atoms. The summed E-state index contributed by atoms with van der Waals surface area (Å²) in [7, 11) is 1.67. The number of ether oxygens (including phenoxy) is 2. The number of rotatable bonds is 11. The fourth-order valence-corrected chi connectivity index (χ4v) is 2.86. The predicted molar refractivity (Wildman–Crippen MR) is 90.9 cm³/mol. The zero-order chi connectivity index (χ0) is 16.3. The van der Waals surface area contributed by atoms with Crippen LogP contribution in [0.15, 0.2) is 35.7 Å². The summed E-state index contributed by atoms with van der Waals surface area (Å²) in [4.78, 5) is 1.20. The summed E-state index contributed by atoms with van der Waals surface area (Å²) in [5.41, 5.74) is 1.22. The third kappa shape index (κ3) is 6.19. The number of hydrogen-bond acceptors (Lipinski definition) is 4. The lowest BCUT2D eigenvalue weighted by Crippen LogP contribution is -2.94. The van der Waals surface area contributed by atoms with Crippen molar-refractivity contribution in [2.45, 2.75) is 13.2 Å². The molecule has 126 valence electrons. The van der Waals surface area contributed by atoms with Crippen LogP contribution in [0, 0.1) is 0 Å². The number of methoxy groups -OCH3 is 1. The van der Waals surface area contributed by atoms with Crippen LogP contribution in [0.25, 0.3) is 0 Å². The maximum Gasteiger partial charge on any atom is 0.161 e. The largest absolute Gasteiger partial charge is 0.493 e. The molecule has 0 saturated heterocycles. The highest BCUT2D eigenvalue weighted by Crippen LogP contribution is 2.29. The molecule has 0 aliphatic carbocycles. The maximum atomic E-state index is 8.72. The van der Waals surface area contributed by atoms with Gasteiger partial charge >= 0.3 is 0 Å². The topological polar surface area (TPSA) is 71.9 Å². The second-order valence-corrected chi connectivity index (χ2v) is 6.26. The van der Waals surface area contributed by atoms with E-state index in [9.17, 15) is 0 Å². The molecule has 0 radical (unpaired) electrons. The van der Waals surface area contributed by atoms with Crippen LogP contribution in [-0.4, -0.2) is 38.5 Å². The quantitative estimate of drug-likeness (QED) is 0.503. The minimum Gasteiger partial charge on any atom is -0.493 e. The normalized spacial score (nSPS) is 10.7. The van der Waals surface area contributed by atoms with Gasteiger partial charge in [-0.15, -0.1) is 11.3 Å². The standard InChI is InChI=1S/C17H24N2O3S/c1-21-17-11-14(12-19-7-6-18-8-9-20)4-5-16(17)22-13-15-3-2-10-23-15/h2-5,10-11,18-20H,6-9,12-13H2,1H3/p+2. The third-order valence-corrected chi connectivity index (χ3v) is 4.32. The second kappa shape index (κ2) is 10.2. The van der Waals surface area contributed by atoms with E-state index in [2.05, 4.69) is 22.8 Å². The van der Waals surface area contributed by atoms with E-state index >= 15 is 0 Å². The number of benzene rings is 1. The van der Waals surface area contributed by atoms with E-state index in [1.54, 1.807) is 18.4 Å². The molecular formula is C17H26N2O3S+2. The number of thiophene rings is 1. The van der Waals surface area contributed by atoms with E-state index < -0.39 is 0 Å². The van der Waals surface area contributed by atoms with E-state index in [1.165, 1.54) is 10.4 Å². The number of quaternary nitrogens is 2. The maximum absolute atomic E-state index is 8.72. The summed E-state index contributed by atoms with van der Waals surface area (Å²) in [6.45, 7) is 4.54. The lowest BCUT2D eigenvalue weighted by atomic mass is 10.2. The van der Waals surface area contributed by atoms with Crippen molar-refractivity contribution in [1.82, 2.24) is 0 Å². The molecule has 0 aliphatic rings. The van der Waals surface area contributed by atoms with Crippen molar-refractivity contribution < 1.29 is 25.2 Å². The summed E-state index contributed by atoms with van der Waals surface area (Å²) in [6.07, 6.45) is 0.